The van der Waals surface area contributed by atoms with E-state index in [0.717, 1.165) is 37.2 Å². The molecule has 0 aliphatic heterocycles. The molecule has 1 rings (SSSR count). The van der Waals surface area contributed by atoms with Crippen LogP contribution in [-0.4, -0.2) is 19.0 Å². The molecule has 2 heteroatoms. The predicted molar refractivity (Wildman–Crippen MR) is 64.9 cm³/mol. The van der Waals surface area contributed by atoms with Crippen molar-refractivity contribution in [1.82, 2.24) is 0 Å². The first kappa shape index (κ1) is 12.1. The van der Waals surface area contributed by atoms with Gasteiger partial charge >= 0.3 is 0 Å². The van der Waals surface area contributed by atoms with Crippen molar-refractivity contribution in [3.05, 3.63) is 12.2 Å². The summed E-state index contributed by atoms with van der Waals surface area (Å²) >= 11 is 4.17. The summed E-state index contributed by atoms with van der Waals surface area (Å²) in [5, 5.41) is 0. The molecule has 1 aliphatic carbocycles. The molecule has 0 aromatic heterocycles. The fraction of sp³-hybridized carbons (Fsp3) is 0.833. The monoisotopic (exact) mass is 214 g/mol. The van der Waals surface area contributed by atoms with Gasteiger partial charge in [0.2, 0.25) is 0 Å². The lowest BCUT2D eigenvalue weighted by Crippen LogP contribution is -2.19. The van der Waals surface area contributed by atoms with Gasteiger partial charge in [-0.15, -0.1) is 0 Å². The molecule has 0 fully saturated rings. The third-order valence-corrected chi connectivity index (χ3v) is 3.26. The Morgan fingerprint density at radius 2 is 2.07 bits per heavy atom. The van der Waals surface area contributed by atoms with Gasteiger partial charge in [0.25, 0.3) is 0 Å². The van der Waals surface area contributed by atoms with Crippen molar-refractivity contribution in [1.29, 1.82) is 0 Å². The van der Waals surface area contributed by atoms with E-state index >= 15 is 0 Å². The van der Waals surface area contributed by atoms with Crippen molar-refractivity contribution in [3.63, 3.8) is 0 Å². The van der Waals surface area contributed by atoms with E-state index in [-0.39, 0.29) is 0 Å². The number of hydrogen-bond acceptors (Lipinski definition) is 2. The molecule has 0 N–H and O–H groups in total. The standard InChI is InChI=1S/C12H22OS/c1-11-6-2-3-7-12(11)10-13-8-4-5-9-14/h2-3,11-12,14H,4-10H2,1H3. The van der Waals surface area contributed by atoms with Gasteiger partial charge in [-0.05, 0) is 43.3 Å². The van der Waals surface area contributed by atoms with Gasteiger partial charge in [0, 0.05) is 13.2 Å². The second-order valence-electron chi connectivity index (χ2n) is 4.19. The first-order valence-electron chi connectivity index (χ1n) is 5.68. The molecule has 0 amide bonds. The molecule has 1 aliphatic rings. The van der Waals surface area contributed by atoms with Gasteiger partial charge in [-0.3, -0.25) is 0 Å². The van der Waals surface area contributed by atoms with E-state index in [1.165, 1.54) is 19.3 Å². The van der Waals surface area contributed by atoms with Crippen LogP contribution in [0.25, 0.3) is 0 Å². The normalized spacial score (nSPS) is 26.7. The Balaban J connectivity index is 2.03. The van der Waals surface area contributed by atoms with E-state index in [1.54, 1.807) is 0 Å². The zero-order valence-corrected chi connectivity index (χ0v) is 10.0. The highest BCUT2D eigenvalue weighted by Gasteiger charge is 2.17. The van der Waals surface area contributed by atoms with Gasteiger partial charge in [-0.1, -0.05) is 19.1 Å². The zero-order chi connectivity index (χ0) is 10.2. The van der Waals surface area contributed by atoms with Crippen molar-refractivity contribution in [3.8, 4) is 0 Å². The van der Waals surface area contributed by atoms with Crippen molar-refractivity contribution in [2.45, 2.75) is 32.6 Å². The molecule has 0 saturated heterocycles. The summed E-state index contributed by atoms with van der Waals surface area (Å²) in [6.45, 7) is 4.18. The molecule has 2 unspecified atom stereocenters. The minimum atomic E-state index is 0.746. The second kappa shape index (κ2) is 7.36. The van der Waals surface area contributed by atoms with E-state index in [9.17, 15) is 0 Å². The van der Waals surface area contributed by atoms with Gasteiger partial charge in [0.1, 0.15) is 0 Å². The van der Waals surface area contributed by atoms with E-state index in [2.05, 4.69) is 31.7 Å². The minimum Gasteiger partial charge on any atom is -0.381 e. The summed E-state index contributed by atoms with van der Waals surface area (Å²) in [4.78, 5) is 0. The number of ether oxygens (including phenoxy) is 1. The van der Waals surface area contributed by atoms with Crippen LogP contribution in [0.2, 0.25) is 0 Å². The molecular formula is C12H22OS. The van der Waals surface area contributed by atoms with Crippen LogP contribution in [-0.2, 0) is 4.74 Å². The Bertz CT molecular complexity index is 168. The fourth-order valence-corrected chi connectivity index (χ4v) is 2.01. The number of thiol groups is 1. The average molecular weight is 214 g/mol. The molecule has 0 heterocycles. The van der Waals surface area contributed by atoms with Gasteiger partial charge in [-0.2, -0.15) is 12.6 Å². The zero-order valence-electron chi connectivity index (χ0n) is 9.11. The summed E-state index contributed by atoms with van der Waals surface area (Å²) < 4.78 is 5.68. The Morgan fingerprint density at radius 1 is 1.29 bits per heavy atom. The van der Waals surface area contributed by atoms with Crippen LogP contribution < -0.4 is 0 Å². The van der Waals surface area contributed by atoms with E-state index in [0.29, 0.717) is 0 Å². The van der Waals surface area contributed by atoms with Crippen LogP contribution in [0.15, 0.2) is 12.2 Å². The fourth-order valence-electron chi connectivity index (χ4n) is 1.79. The van der Waals surface area contributed by atoms with E-state index < -0.39 is 0 Å². The van der Waals surface area contributed by atoms with Crippen LogP contribution in [0.4, 0.5) is 0 Å². The molecule has 1 nitrogen and oxygen atoms in total. The third-order valence-electron chi connectivity index (χ3n) is 2.95. The highest BCUT2D eigenvalue weighted by Crippen LogP contribution is 2.24. The minimum absolute atomic E-state index is 0.746. The van der Waals surface area contributed by atoms with Crippen LogP contribution in [0, 0.1) is 11.8 Å². The largest absolute Gasteiger partial charge is 0.381 e. The SMILES string of the molecule is CC1CC=CCC1COCCCCS. The summed E-state index contributed by atoms with van der Waals surface area (Å²) in [5.41, 5.74) is 0. The highest BCUT2D eigenvalue weighted by molar-refractivity contribution is 7.80. The van der Waals surface area contributed by atoms with Crippen LogP contribution in [0.5, 0.6) is 0 Å². The molecule has 0 bridgehead atoms. The van der Waals surface area contributed by atoms with Crippen LogP contribution in [0.1, 0.15) is 32.6 Å². The summed E-state index contributed by atoms with van der Waals surface area (Å²) in [5.74, 6) is 2.52. The van der Waals surface area contributed by atoms with Gasteiger partial charge in [0.05, 0.1) is 0 Å². The van der Waals surface area contributed by atoms with Crippen molar-refractivity contribution in [2.75, 3.05) is 19.0 Å². The predicted octanol–water partition coefficient (Wildman–Crippen LogP) is 3.32. The molecule has 2 atom stereocenters. The first-order chi connectivity index (χ1) is 6.84. The average Bonchev–Trinajstić information content (AvgIpc) is 2.20. The van der Waals surface area contributed by atoms with Gasteiger partial charge in [-0.25, -0.2) is 0 Å². The number of allylic oxidation sites excluding steroid dienone is 2. The Hall–Kier alpha value is 0.0500. The highest BCUT2D eigenvalue weighted by atomic mass is 32.1. The summed E-state index contributed by atoms with van der Waals surface area (Å²) in [6, 6.07) is 0. The maximum atomic E-state index is 5.68. The Kier molecular flexibility index (Phi) is 6.37. The number of hydrogen-bond donors (Lipinski definition) is 1. The van der Waals surface area contributed by atoms with Crippen LogP contribution >= 0.6 is 12.6 Å². The summed E-state index contributed by atoms with van der Waals surface area (Å²) in [6.07, 6.45) is 9.34. The van der Waals surface area contributed by atoms with Crippen molar-refractivity contribution >= 4 is 12.6 Å². The summed E-state index contributed by atoms with van der Waals surface area (Å²) in [7, 11) is 0. The van der Waals surface area contributed by atoms with E-state index in [4.69, 9.17) is 4.74 Å². The lowest BCUT2D eigenvalue weighted by molar-refractivity contribution is 0.0775. The molecule has 0 spiro atoms. The lowest BCUT2D eigenvalue weighted by Gasteiger charge is -2.24. The topological polar surface area (TPSA) is 9.23 Å². The number of rotatable bonds is 6. The quantitative estimate of drug-likeness (QED) is 0.405. The lowest BCUT2D eigenvalue weighted by atomic mass is 9.85. The van der Waals surface area contributed by atoms with E-state index in [1.807, 2.05) is 0 Å². The van der Waals surface area contributed by atoms with Gasteiger partial charge < -0.3 is 4.74 Å². The third kappa shape index (κ3) is 4.52. The smallest absolute Gasteiger partial charge is 0.0499 e. The molecular weight excluding hydrogens is 192 g/mol. The Labute approximate surface area is 93.3 Å². The second-order valence-corrected chi connectivity index (χ2v) is 4.63. The molecule has 0 aromatic carbocycles. The molecule has 82 valence electrons. The maximum Gasteiger partial charge on any atom is 0.0499 e. The van der Waals surface area contributed by atoms with Crippen molar-refractivity contribution in [2.24, 2.45) is 11.8 Å². The first-order valence-corrected chi connectivity index (χ1v) is 6.31. The number of unbranched alkanes of at least 4 members (excludes halogenated alkanes) is 1. The van der Waals surface area contributed by atoms with Crippen LogP contribution in [0.3, 0.4) is 0 Å². The molecule has 0 radical (unpaired) electrons. The Morgan fingerprint density at radius 3 is 2.79 bits per heavy atom. The molecule has 0 saturated carbocycles. The van der Waals surface area contributed by atoms with Gasteiger partial charge in [0.15, 0.2) is 0 Å². The maximum absolute atomic E-state index is 5.68. The van der Waals surface area contributed by atoms with Crippen molar-refractivity contribution < 1.29 is 4.74 Å². The molecule has 14 heavy (non-hydrogen) atoms. The molecule has 0 aromatic rings.